The Morgan fingerprint density at radius 2 is 1.92 bits per heavy atom. The molecule has 0 amide bonds. The van der Waals surface area contributed by atoms with Gasteiger partial charge in [-0.25, -0.2) is 14.8 Å². The van der Waals surface area contributed by atoms with Crippen LogP contribution in [-0.2, 0) is 34.8 Å². The van der Waals surface area contributed by atoms with Gasteiger partial charge in [-0.2, -0.15) is 0 Å². The third-order valence-corrected chi connectivity index (χ3v) is 7.48. The quantitative estimate of drug-likeness (QED) is 0.397. The second-order valence-corrected chi connectivity index (χ2v) is 9.42. The molecule has 0 spiro atoms. The molecular weight excluding hydrogens is 456 g/mol. The molecule has 5 heterocycles. The van der Waals surface area contributed by atoms with E-state index in [-0.39, 0.29) is 18.6 Å². The van der Waals surface area contributed by atoms with Crippen molar-refractivity contribution in [3.8, 4) is 11.4 Å². The van der Waals surface area contributed by atoms with E-state index in [0.717, 1.165) is 33.4 Å². The third kappa shape index (κ3) is 2.73. The van der Waals surface area contributed by atoms with Crippen molar-refractivity contribution in [3.63, 3.8) is 0 Å². The molecule has 3 aliphatic rings. The first-order valence-electron chi connectivity index (χ1n) is 12.0. The summed E-state index contributed by atoms with van der Waals surface area (Å²) in [5, 5.41) is 12.1. The number of rotatable bonds is 3. The maximum absolute atomic E-state index is 13.6. The highest BCUT2D eigenvalue weighted by Gasteiger charge is 2.45. The minimum absolute atomic E-state index is 0.107. The van der Waals surface area contributed by atoms with Gasteiger partial charge < -0.3 is 19.3 Å². The molecule has 0 bridgehead atoms. The molecule has 0 fully saturated rings. The molecule has 7 rings (SSSR count). The zero-order valence-corrected chi connectivity index (χ0v) is 19.6. The van der Waals surface area contributed by atoms with Crippen molar-refractivity contribution in [2.75, 3.05) is 4.90 Å². The van der Waals surface area contributed by atoms with Crippen LogP contribution in [0.25, 0.3) is 22.3 Å². The van der Waals surface area contributed by atoms with Crippen molar-refractivity contribution < 1.29 is 14.6 Å². The summed E-state index contributed by atoms with van der Waals surface area (Å²) in [6.07, 6.45) is 1.94. The summed E-state index contributed by atoms with van der Waals surface area (Å²) in [6, 6.07) is 17.7. The van der Waals surface area contributed by atoms with E-state index in [9.17, 15) is 14.7 Å². The summed E-state index contributed by atoms with van der Waals surface area (Å²) in [6.45, 7) is 2.50. The summed E-state index contributed by atoms with van der Waals surface area (Å²) in [4.78, 5) is 37.9. The van der Waals surface area contributed by atoms with Gasteiger partial charge in [0.25, 0.3) is 5.56 Å². The molecule has 8 heteroatoms. The Bertz CT molecular complexity index is 1690. The van der Waals surface area contributed by atoms with Gasteiger partial charge in [-0.1, -0.05) is 43.3 Å². The van der Waals surface area contributed by atoms with Crippen molar-refractivity contribution in [1.29, 1.82) is 0 Å². The molecular formula is C28H22N4O4. The standard InChI is InChI=1S/C28H22N4O4/c1-2-28(35)19-11-22-24-17(13-32(22)26(33)18(19)14-36-27(28)34)25-23-20(9-6-10-21(23)30-24)29-15-31(25)12-16-7-4-3-5-8-16/h3-11,15,35H,2,12-14H2,1H3. The maximum atomic E-state index is 13.6. The highest BCUT2D eigenvalue weighted by atomic mass is 16.6. The van der Waals surface area contributed by atoms with Crippen LogP contribution in [-0.4, -0.2) is 27.0 Å². The van der Waals surface area contributed by atoms with Crippen molar-refractivity contribution in [3.05, 3.63) is 87.2 Å². The second-order valence-electron chi connectivity index (χ2n) is 9.42. The Labute approximate surface area is 206 Å². The molecule has 8 nitrogen and oxygen atoms in total. The molecule has 0 radical (unpaired) electrons. The van der Waals surface area contributed by atoms with Crippen LogP contribution in [0.1, 0.15) is 35.6 Å². The number of aliphatic hydroxyl groups is 1. The largest absolute Gasteiger partial charge is 0.458 e. The smallest absolute Gasteiger partial charge is 0.343 e. The number of pyridine rings is 2. The number of anilines is 1. The number of aliphatic imine (C=N–C) groups is 1. The lowest BCUT2D eigenvalue weighted by Crippen LogP contribution is -2.44. The van der Waals surface area contributed by atoms with Crippen molar-refractivity contribution >= 4 is 34.6 Å². The molecule has 1 atom stereocenters. The number of benzene rings is 2. The molecule has 0 aliphatic carbocycles. The van der Waals surface area contributed by atoms with Crippen LogP contribution < -0.4 is 10.5 Å². The van der Waals surface area contributed by atoms with Gasteiger partial charge in [-0.3, -0.25) is 4.79 Å². The molecule has 36 heavy (non-hydrogen) atoms. The molecule has 1 N–H and O–H groups in total. The van der Waals surface area contributed by atoms with Gasteiger partial charge in [0.2, 0.25) is 0 Å². The number of hydrogen-bond donors (Lipinski definition) is 1. The summed E-state index contributed by atoms with van der Waals surface area (Å²) in [5.74, 6) is -0.725. The number of esters is 1. The monoisotopic (exact) mass is 478 g/mol. The second kappa shape index (κ2) is 7.35. The summed E-state index contributed by atoms with van der Waals surface area (Å²) >= 11 is 0. The molecule has 1 unspecified atom stereocenters. The number of cyclic esters (lactones) is 1. The first-order chi connectivity index (χ1) is 17.5. The first-order valence-corrected chi connectivity index (χ1v) is 12.0. The van der Waals surface area contributed by atoms with Crippen LogP contribution in [0, 0.1) is 0 Å². The Balaban J connectivity index is 1.48. The van der Waals surface area contributed by atoms with E-state index in [1.54, 1.807) is 17.6 Å². The predicted molar refractivity (Wildman–Crippen MR) is 135 cm³/mol. The average molecular weight is 479 g/mol. The average Bonchev–Trinajstić information content (AvgIpc) is 3.27. The van der Waals surface area contributed by atoms with Crippen LogP contribution in [0.4, 0.5) is 11.4 Å². The van der Waals surface area contributed by atoms with Gasteiger partial charge in [-0.15, -0.1) is 0 Å². The van der Waals surface area contributed by atoms with E-state index < -0.39 is 11.6 Å². The van der Waals surface area contributed by atoms with Crippen LogP contribution in [0.15, 0.2) is 64.4 Å². The van der Waals surface area contributed by atoms with Crippen molar-refractivity contribution in [2.45, 2.75) is 38.6 Å². The number of carbonyl (C=O) groups excluding carboxylic acids is 1. The van der Waals surface area contributed by atoms with Crippen LogP contribution in [0.3, 0.4) is 0 Å². The highest BCUT2D eigenvalue weighted by Crippen LogP contribution is 2.46. The lowest BCUT2D eigenvalue weighted by atomic mass is 9.86. The lowest BCUT2D eigenvalue weighted by molar-refractivity contribution is -0.172. The van der Waals surface area contributed by atoms with Gasteiger partial charge in [0.1, 0.15) is 6.61 Å². The number of ether oxygens (including phenoxy) is 1. The Morgan fingerprint density at radius 3 is 2.72 bits per heavy atom. The zero-order chi connectivity index (χ0) is 24.6. The molecule has 0 saturated carbocycles. The van der Waals surface area contributed by atoms with E-state index >= 15 is 0 Å². The SMILES string of the molecule is CCC1(O)C(=O)OCc2c1cc1n(c2=O)Cc2c-1nc1cccc3c1c2N(Cc1ccccc1)C=N3. The minimum atomic E-state index is -1.85. The summed E-state index contributed by atoms with van der Waals surface area (Å²) < 4.78 is 6.88. The van der Waals surface area contributed by atoms with E-state index in [2.05, 4.69) is 22.0 Å². The first kappa shape index (κ1) is 21.0. The maximum Gasteiger partial charge on any atom is 0.343 e. The molecule has 3 aliphatic heterocycles. The Hall–Kier alpha value is -4.30. The number of aromatic nitrogens is 2. The Kier molecular flexibility index (Phi) is 4.29. The molecule has 0 saturated heterocycles. The number of nitrogens with zero attached hydrogens (tertiary/aromatic N) is 4. The molecule has 2 aromatic heterocycles. The molecule has 178 valence electrons. The summed E-state index contributed by atoms with van der Waals surface area (Å²) in [7, 11) is 0. The van der Waals surface area contributed by atoms with Crippen LogP contribution >= 0.6 is 0 Å². The van der Waals surface area contributed by atoms with Crippen molar-refractivity contribution in [2.24, 2.45) is 4.99 Å². The normalized spacial score (nSPS) is 19.2. The van der Waals surface area contributed by atoms with Gasteiger partial charge in [-0.05, 0) is 30.2 Å². The predicted octanol–water partition coefficient (Wildman–Crippen LogP) is 3.76. The number of fused-ring (bicyclic) bond motifs is 5. The molecule has 4 aromatic rings. The van der Waals surface area contributed by atoms with Gasteiger partial charge in [0.15, 0.2) is 5.60 Å². The van der Waals surface area contributed by atoms with E-state index in [1.165, 1.54) is 0 Å². The topological polar surface area (TPSA) is 97.0 Å². The fraction of sp³-hybridized carbons (Fsp3) is 0.214. The Morgan fingerprint density at radius 1 is 1.08 bits per heavy atom. The lowest BCUT2D eigenvalue weighted by Gasteiger charge is -2.31. The number of carbonyl (C=O) groups is 1. The zero-order valence-electron chi connectivity index (χ0n) is 19.6. The minimum Gasteiger partial charge on any atom is -0.458 e. The highest BCUT2D eigenvalue weighted by molar-refractivity contribution is 6.11. The summed E-state index contributed by atoms with van der Waals surface area (Å²) in [5.41, 5.74) is 4.44. The molecule has 2 aromatic carbocycles. The third-order valence-electron chi connectivity index (χ3n) is 7.48. The van der Waals surface area contributed by atoms with Crippen LogP contribution in [0.2, 0.25) is 0 Å². The van der Waals surface area contributed by atoms with Gasteiger partial charge in [0, 0.05) is 17.7 Å². The van der Waals surface area contributed by atoms with Gasteiger partial charge >= 0.3 is 5.97 Å². The van der Waals surface area contributed by atoms with Gasteiger partial charge in [0.05, 0.1) is 52.1 Å². The fourth-order valence-corrected chi connectivity index (χ4v) is 5.60. The van der Waals surface area contributed by atoms with E-state index in [4.69, 9.17) is 9.72 Å². The van der Waals surface area contributed by atoms with E-state index in [0.29, 0.717) is 35.6 Å². The fourth-order valence-electron chi connectivity index (χ4n) is 5.60. The van der Waals surface area contributed by atoms with E-state index in [1.807, 2.05) is 42.7 Å². The van der Waals surface area contributed by atoms with Crippen LogP contribution in [0.5, 0.6) is 0 Å². The number of hydrogen-bond acceptors (Lipinski definition) is 7. The van der Waals surface area contributed by atoms with Crippen molar-refractivity contribution in [1.82, 2.24) is 9.55 Å².